The zero-order chi connectivity index (χ0) is 14.7. The van der Waals surface area contributed by atoms with Gasteiger partial charge in [-0.15, -0.1) is 0 Å². The Balaban J connectivity index is 2.25. The summed E-state index contributed by atoms with van der Waals surface area (Å²) >= 11 is 0. The number of rotatable bonds is 5. The van der Waals surface area contributed by atoms with Crippen molar-refractivity contribution in [3.8, 4) is 0 Å². The van der Waals surface area contributed by atoms with Crippen LogP contribution in [0.1, 0.15) is 30.3 Å². The summed E-state index contributed by atoms with van der Waals surface area (Å²) in [5.74, 6) is -1.27. The van der Waals surface area contributed by atoms with Gasteiger partial charge >= 0.3 is 5.97 Å². The minimum Gasteiger partial charge on any atom is -0.481 e. The van der Waals surface area contributed by atoms with Gasteiger partial charge in [-0.3, -0.25) is 14.3 Å². The van der Waals surface area contributed by atoms with Crippen LogP contribution in [-0.4, -0.2) is 32.8 Å². The van der Waals surface area contributed by atoms with Gasteiger partial charge in [0.15, 0.2) is 5.69 Å². The lowest BCUT2D eigenvalue weighted by Gasteiger charge is -2.13. The van der Waals surface area contributed by atoms with Crippen LogP contribution in [0.4, 0.5) is 0 Å². The van der Waals surface area contributed by atoms with Crippen LogP contribution in [0, 0.1) is 0 Å². The van der Waals surface area contributed by atoms with Crippen molar-refractivity contribution in [2.24, 2.45) is 7.05 Å². The van der Waals surface area contributed by atoms with Gasteiger partial charge in [0.2, 0.25) is 0 Å². The number of para-hydroxylation sites is 1. The molecule has 0 fully saturated rings. The van der Waals surface area contributed by atoms with Crippen LogP contribution in [0.25, 0.3) is 10.9 Å². The smallest absolute Gasteiger partial charge is 0.305 e. The van der Waals surface area contributed by atoms with Gasteiger partial charge in [-0.1, -0.05) is 25.1 Å². The minimum absolute atomic E-state index is 0.0903. The number of carbonyl (C=O) groups is 2. The molecular formula is C14H17N3O3. The van der Waals surface area contributed by atoms with E-state index in [2.05, 4.69) is 10.4 Å². The van der Waals surface area contributed by atoms with Crippen LogP contribution in [-0.2, 0) is 11.8 Å². The van der Waals surface area contributed by atoms with Crippen molar-refractivity contribution in [2.75, 3.05) is 0 Å². The maximum Gasteiger partial charge on any atom is 0.305 e. The first-order valence-electron chi connectivity index (χ1n) is 6.47. The van der Waals surface area contributed by atoms with Gasteiger partial charge in [-0.25, -0.2) is 0 Å². The van der Waals surface area contributed by atoms with Crippen molar-refractivity contribution in [2.45, 2.75) is 25.8 Å². The molecule has 6 nitrogen and oxygen atoms in total. The number of carboxylic acids is 1. The SMILES string of the molecule is CCC(CC(=O)O)NC(=O)c1nn(C)c2ccccc12. The summed E-state index contributed by atoms with van der Waals surface area (Å²) < 4.78 is 1.64. The van der Waals surface area contributed by atoms with Crippen LogP contribution in [0.15, 0.2) is 24.3 Å². The van der Waals surface area contributed by atoms with E-state index in [1.165, 1.54) is 0 Å². The number of hydrogen-bond acceptors (Lipinski definition) is 3. The molecule has 0 aliphatic heterocycles. The van der Waals surface area contributed by atoms with Crippen molar-refractivity contribution in [3.05, 3.63) is 30.0 Å². The number of hydrogen-bond donors (Lipinski definition) is 2. The topological polar surface area (TPSA) is 84.2 Å². The standard InChI is InChI=1S/C14H17N3O3/c1-3-9(8-12(18)19)15-14(20)13-10-6-4-5-7-11(10)17(2)16-13/h4-7,9H,3,8H2,1-2H3,(H,15,20)(H,18,19). The molecule has 2 rings (SSSR count). The number of fused-ring (bicyclic) bond motifs is 1. The number of aliphatic carboxylic acids is 1. The Bertz CT molecular complexity index is 648. The number of nitrogens with zero attached hydrogens (tertiary/aromatic N) is 2. The van der Waals surface area contributed by atoms with E-state index in [1.54, 1.807) is 11.7 Å². The lowest BCUT2D eigenvalue weighted by molar-refractivity contribution is -0.137. The zero-order valence-electron chi connectivity index (χ0n) is 11.5. The van der Waals surface area contributed by atoms with Crippen molar-refractivity contribution in [3.63, 3.8) is 0 Å². The van der Waals surface area contributed by atoms with Crippen molar-refractivity contribution in [1.82, 2.24) is 15.1 Å². The van der Waals surface area contributed by atoms with E-state index in [1.807, 2.05) is 31.2 Å². The highest BCUT2D eigenvalue weighted by Crippen LogP contribution is 2.17. The Morgan fingerprint density at radius 3 is 2.75 bits per heavy atom. The second kappa shape index (κ2) is 5.73. The van der Waals surface area contributed by atoms with Gasteiger partial charge in [0.05, 0.1) is 11.9 Å². The first-order chi connectivity index (χ1) is 9.52. The monoisotopic (exact) mass is 275 g/mol. The molecular weight excluding hydrogens is 258 g/mol. The molecule has 1 unspecified atom stereocenters. The fourth-order valence-electron chi connectivity index (χ4n) is 2.14. The summed E-state index contributed by atoms with van der Waals surface area (Å²) in [4.78, 5) is 23.0. The molecule has 2 aromatic rings. The molecule has 0 bridgehead atoms. The predicted molar refractivity (Wildman–Crippen MR) is 74.5 cm³/mol. The number of aromatic nitrogens is 2. The number of carboxylic acid groups (broad SMARTS) is 1. The lowest BCUT2D eigenvalue weighted by atomic mass is 10.1. The molecule has 1 aromatic heterocycles. The molecule has 0 radical (unpaired) electrons. The maximum absolute atomic E-state index is 12.2. The average molecular weight is 275 g/mol. The van der Waals surface area contributed by atoms with Crippen molar-refractivity contribution >= 4 is 22.8 Å². The predicted octanol–water partition coefficient (Wildman–Crippen LogP) is 1.56. The summed E-state index contributed by atoms with van der Waals surface area (Å²) in [5.41, 5.74) is 1.19. The van der Waals surface area contributed by atoms with E-state index < -0.39 is 5.97 Å². The molecule has 1 aromatic carbocycles. The van der Waals surface area contributed by atoms with Crippen molar-refractivity contribution in [1.29, 1.82) is 0 Å². The fourth-order valence-corrected chi connectivity index (χ4v) is 2.14. The van der Waals surface area contributed by atoms with E-state index in [9.17, 15) is 9.59 Å². The molecule has 1 atom stereocenters. The second-order valence-corrected chi connectivity index (χ2v) is 4.67. The van der Waals surface area contributed by atoms with Gasteiger partial charge < -0.3 is 10.4 Å². The summed E-state index contributed by atoms with van der Waals surface area (Å²) in [6.07, 6.45) is 0.468. The van der Waals surface area contributed by atoms with Crippen molar-refractivity contribution < 1.29 is 14.7 Å². The van der Waals surface area contributed by atoms with E-state index in [4.69, 9.17) is 5.11 Å². The fraction of sp³-hybridized carbons (Fsp3) is 0.357. The highest BCUT2D eigenvalue weighted by atomic mass is 16.4. The Kier molecular flexibility index (Phi) is 4.02. The highest BCUT2D eigenvalue weighted by Gasteiger charge is 2.19. The largest absolute Gasteiger partial charge is 0.481 e. The summed E-state index contributed by atoms with van der Waals surface area (Å²) in [6, 6.07) is 7.05. The number of nitrogens with one attached hydrogen (secondary N) is 1. The Hall–Kier alpha value is -2.37. The molecule has 0 saturated heterocycles. The van der Waals surface area contributed by atoms with Crippen LogP contribution in [0.2, 0.25) is 0 Å². The third-order valence-corrected chi connectivity index (χ3v) is 3.22. The van der Waals surface area contributed by atoms with Crippen LogP contribution in [0.3, 0.4) is 0 Å². The maximum atomic E-state index is 12.2. The van der Waals surface area contributed by atoms with E-state index in [0.717, 1.165) is 10.9 Å². The van der Waals surface area contributed by atoms with Gasteiger partial charge in [-0.05, 0) is 12.5 Å². The van der Waals surface area contributed by atoms with Crippen LogP contribution >= 0.6 is 0 Å². The zero-order valence-corrected chi connectivity index (χ0v) is 11.5. The van der Waals surface area contributed by atoms with E-state index in [-0.39, 0.29) is 18.4 Å². The van der Waals surface area contributed by atoms with Gasteiger partial charge in [0, 0.05) is 18.5 Å². The Morgan fingerprint density at radius 2 is 2.10 bits per heavy atom. The third-order valence-electron chi connectivity index (χ3n) is 3.22. The molecule has 6 heteroatoms. The number of amides is 1. The van der Waals surface area contributed by atoms with Gasteiger partial charge in [0.25, 0.3) is 5.91 Å². The molecule has 1 amide bonds. The minimum atomic E-state index is -0.928. The third kappa shape index (κ3) is 2.79. The molecule has 2 N–H and O–H groups in total. The van der Waals surface area contributed by atoms with Crippen LogP contribution < -0.4 is 5.32 Å². The van der Waals surface area contributed by atoms with E-state index >= 15 is 0 Å². The molecule has 0 spiro atoms. The summed E-state index contributed by atoms with van der Waals surface area (Å²) in [5, 5.41) is 16.5. The van der Waals surface area contributed by atoms with E-state index in [0.29, 0.717) is 12.1 Å². The first kappa shape index (κ1) is 14.0. The van der Waals surface area contributed by atoms with Gasteiger partial charge in [-0.2, -0.15) is 5.10 Å². The first-order valence-corrected chi connectivity index (χ1v) is 6.47. The second-order valence-electron chi connectivity index (χ2n) is 4.67. The molecule has 0 saturated carbocycles. The molecule has 0 aliphatic rings. The summed E-state index contributed by atoms with van der Waals surface area (Å²) in [6.45, 7) is 1.84. The average Bonchev–Trinajstić information content (AvgIpc) is 2.75. The molecule has 0 aliphatic carbocycles. The number of aryl methyl sites for hydroxylation is 1. The number of carbonyl (C=O) groups excluding carboxylic acids is 1. The number of benzene rings is 1. The van der Waals surface area contributed by atoms with Crippen LogP contribution in [0.5, 0.6) is 0 Å². The Labute approximate surface area is 116 Å². The Morgan fingerprint density at radius 1 is 1.40 bits per heavy atom. The molecule has 106 valence electrons. The van der Waals surface area contributed by atoms with Gasteiger partial charge in [0.1, 0.15) is 0 Å². The normalized spacial score (nSPS) is 12.3. The quantitative estimate of drug-likeness (QED) is 0.867. The molecule has 1 heterocycles. The summed E-state index contributed by atoms with van der Waals surface area (Å²) in [7, 11) is 1.77. The lowest BCUT2D eigenvalue weighted by Crippen LogP contribution is -2.36. The highest BCUT2D eigenvalue weighted by molar-refractivity contribution is 6.05. The molecule has 20 heavy (non-hydrogen) atoms.